The number of benzene rings is 1. The van der Waals surface area contributed by atoms with Gasteiger partial charge in [0.15, 0.2) is 5.96 Å². The van der Waals surface area contributed by atoms with E-state index in [1.165, 1.54) is 53.4 Å². The van der Waals surface area contributed by atoms with Crippen molar-refractivity contribution < 1.29 is 0 Å². The van der Waals surface area contributed by atoms with Crippen LogP contribution in [0, 0.1) is 6.92 Å². The first kappa shape index (κ1) is 24.1. The van der Waals surface area contributed by atoms with E-state index in [4.69, 9.17) is 4.99 Å². The number of guanidine groups is 1. The first-order chi connectivity index (χ1) is 13.7. The predicted molar refractivity (Wildman–Crippen MR) is 134 cm³/mol. The van der Waals surface area contributed by atoms with E-state index in [0.717, 1.165) is 32.0 Å². The van der Waals surface area contributed by atoms with E-state index in [2.05, 4.69) is 58.6 Å². The Hall–Kier alpha value is -1.19. The van der Waals surface area contributed by atoms with Crippen molar-refractivity contribution >= 4 is 41.3 Å². The van der Waals surface area contributed by atoms with Crippen LogP contribution in [0.2, 0.25) is 0 Å². The second-order valence-electron chi connectivity index (χ2n) is 7.34. The fourth-order valence-electron chi connectivity index (χ4n) is 3.54. The minimum Gasteiger partial charge on any atom is -0.357 e. The molecule has 1 fully saturated rings. The number of rotatable bonds is 8. The number of hydrogen-bond acceptors (Lipinski definition) is 4. The Kier molecular flexibility index (Phi) is 10.9. The molecule has 2 aromatic rings. The van der Waals surface area contributed by atoms with Crippen LogP contribution in [0.25, 0.3) is 0 Å². The molecule has 0 bridgehead atoms. The number of likely N-dealkylation sites (tertiary alicyclic amines) is 1. The van der Waals surface area contributed by atoms with Crippen LogP contribution in [0.1, 0.15) is 47.2 Å². The molecule has 1 aliphatic heterocycles. The van der Waals surface area contributed by atoms with E-state index >= 15 is 0 Å². The zero-order valence-electron chi connectivity index (χ0n) is 17.6. The summed E-state index contributed by atoms with van der Waals surface area (Å²) in [6.07, 6.45) is 6.90. The van der Waals surface area contributed by atoms with E-state index in [1.54, 1.807) is 11.3 Å². The molecule has 0 spiro atoms. The first-order valence-corrected chi connectivity index (χ1v) is 11.3. The lowest BCUT2D eigenvalue weighted by Gasteiger charge is -2.27. The van der Waals surface area contributed by atoms with Crippen molar-refractivity contribution in [1.29, 1.82) is 0 Å². The molecular weight excluding hydrogens is 493 g/mol. The summed E-state index contributed by atoms with van der Waals surface area (Å²) in [6.45, 7) is 10.1. The van der Waals surface area contributed by atoms with Crippen LogP contribution in [0.4, 0.5) is 0 Å². The highest BCUT2D eigenvalue weighted by Crippen LogP contribution is 2.17. The SMILES string of the molecule is CCNC(=NCc1ccccc1CN1CCCCC1)NCCc1ncc(C)s1.I. The van der Waals surface area contributed by atoms with E-state index < -0.39 is 0 Å². The van der Waals surface area contributed by atoms with Crippen LogP contribution in [-0.2, 0) is 19.5 Å². The Morgan fingerprint density at radius 1 is 1.14 bits per heavy atom. The van der Waals surface area contributed by atoms with E-state index in [0.29, 0.717) is 6.54 Å². The minimum absolute atomic E-state index is 0. The van der Waals surface area contributed by atoms with Gasteiger partial charge in [0, 0.05) is 37.1 Å². The smallest absolute Gasteiger partial charge is 0.191 e. The van der Waals surface area contributed by atoms with Gasteiger partial charge in [-0.15, -0.1) is 35.3 Å². The molecule has 1 aromatic carbocycles. The molecule has 2 heterocycles. The molecule has 7 heteroatoms. The van der Waals surface area contributed by atoms with Crippen LogP contribution >= 0.6 is 35.3 Å². The summed E-state index contributed by atoms with van der Waals surface area (Å²) < 4.78 is 0. The molecule has 3 rings (SSSR count). The van der Waals surface area contributed by atoms with Crippen LogP contribution in [-0.4, -0.2) is 42.0 Å². The summed E-state index contributed by atoms with van der Waals surface area (Å²) in [7, 11) is 0. The first-order valence-electron chi connectivity index (χ1n) is 10.5. The lowest BCUT2D eigenvalue weighted by Crippen LogP contribution is -2.38. The fraction of sp³-hybridized carbons (Fsp3) is 0.545. The Morgan fingerprint density at radius 3 is 2.59 bits per heavy atom. The van der Waals surface area contributed by atoms with Crippen molar-refractivity contribution in [2.24, 2.45) is 4.99 Å². The lowest BCUT2D eigenvalue weighted by molar-refractivity contribution is 0.220. The molecule has 0 amide bonds. The maximum atomic E-state index is 4.83. The van der Waals surface area contributed by atoms with Gasteiger partial charge in [-0.3, -0.25) is 4.90 Å². The normalized spacial score (nSPS) is 15.0. The van der Waals surface area contributed by atoms with Crippen LogP contribution in [0.15, 0.2) is 35.5 Å². The largest absolute Gasteiger partial charge is 0.357 e. The predicted octanol–water partition coefficient (Wildman–Crippen LogP) is 4.35. The molecule has 1 aliphatic rings. The molecule has 1 aromatic heterocycles. The van der Waals surface area contributed by atoms with Crippen molar-refractivity contribution in [2.75, 3.05) is 26.2 Å². The number of aryl methyl sites for hydroxylation is 1. The number of nitrogens with one attached hydrogen (secondary N) is 2. The van der Waals surface area contributed by atoms with Crippen molar-refractivity contribution in [3.8, 4) is 0 Å². The van der Waals surface area contributed by atoms with Gasteiger partial charge in [0.25, 0.3) is 0 Å². The van der Waals surface area contributed by atoms with Crippen LogP contribution < -0.4 is 10.6 Å². The number of nitrogens with zero attached hydrogens (tertiary/aromatic N) is 3. The number of halogens is 1. The molecule has 5 nitrogen and oxygen atoms in total. The standard InChI is InChI=1S/C22H33N5S.HI/c1-3-23-22(24-12-11-21-25-15-18(2)28-21)26-16-19-9-5-6-10-20(19)17-27-13-7-4-8-14-27;/h5-6,9-10,15H,3-4,7-8,11-14,16-17H2,1-2H3,(H2,23,24,26);1H. The van der Waals surface area contributed by atoms with Gasteiger partial charge < -0.3 is 10.6 Å². The summed E-state index contributed by atoms with van der Waals surface area (Å²) in [6, 6.07) is 8.73. The quantitative estimate of drug-likeness (QED) is 0.305. The number of hydrogen-bond donors (Lipinski definition) is 2. The van der Waals surface area contributed by atoms with Gasteiger partial charge in [0.1, 0.15) is 0 Å². The van der Waals surface area contributed by atoms with Gasteiger partial charge >= 0.3 is 0 Å². The van der Waals surface area contributed by atoms with Gasteiger partial charge in [0.05, 0.1) is 11.6 Å². The Morgan fingerprint density at radius 2 is 1.90 bits per heavy atom. The third kappa shape index (κ3) is 8.22. The van der Waals surface area contributed by atoms with Crippen molar-refractivity contribution in [3.63, 3.8) is 0 Å². The molecule has 0 aliphatic carbocycles. The summed E-state index contributed by atoms with van der Waals surface area (Å²) in [4.78, 5) is 13.1. The minimum atomic E-state index is 0. The van der Waals surface area contributed by atoms with Gasteiger partial charge in [0.2, 0.25) is 0 Å². The highest BCUT2D eigenvalue weighted by Gasteiger charge is 2.12. The molecule has 0 atom stereocenters. The Balaban J connectivity index is 0.00000300. The van der Waals surface area contributed by atoms with Crippen molar-refractivity contribution in [3.05, 3.63) is 51.5 Å². The zero-order valence-corrected chi connectivity index (χ0v) is 20.8. The van der Waals surface area contributed by atoms with Crippen LogP contribution in [0.5, 0.6) is 0 Å². The average Bonchev–Trinajstić information content (AvgIpc) is 3.13. The molecule has 1 saturated heterocycles. The number of aliphatic imine (C=N–C) groups is 1. The monoisotopic (exact) mass is 527 g/mol. The molecule has 0 saturated carbocycles. The number of piperidine rings is 1. The van der Waals surface area contributed by atoms with Gasteiger partial charge in [-0.05, 0) is 50.9 Å². The Bertz CT molecular complexity index is 755. The van der Waals surface area contributed by atoms with E-state index in [9.17, 15) is 0 Å². The molecule has 160 valence electrons. The summed E-state index contributed by atoms with van der Waals surface area (Å²) in [5.41, 5.74) is 2.73. The summed E-state index contributed by atoms with van der Waals surface area (Å²) in [5, 5.41) is 7.98. The second kappa shape index (κ2) is 13.2. The third-order valence-corrected chi connectivity index (χ3v) is 5.99. The van der Waals surface area contributed by atoms with Gasteiger partial charge in [-0.1, -0.05) is 30.7 Å². The van der Waals surface area contributed by atoms with Gasteiger partial charge in [-0.25, -0.2) is 9.98 Å². The zero-order chi connectivity index (χ0) is 19.6. The summed E-state index contributed by atoms with van der Waals surface area (Å²) >= 11 is 1.77. The van der Waals surface area contributed by atoms with E-state index in [-0.39, 0.29) is 24.0 Å². The molecular formula is C22H34IN5S. The third-order valence-electron chi connectivity index (χ3n) is 5.01. The lowest BCUT2D eigenvalue weighted by atomic mass is 10.1. The Labute approximate surface area is 196 Å². The van der Waals surface area contributed by atoms with Gasteiger partial charge in [-0.2, -0.15) is 0 Å². The highest BCUT2D eigenvalue weighted by atomic mass is 127. The topological polar surface area (TPSA) is 52.6 Å². The highest BCUT2D eigenvalue weighted by molar-refractivity contribution is 14.0. The van der Waals surface area contributed by atoms with Crippen LogP contribution in [0.3, 0.4) is 0 Å². The van der Waals surface area contributed by atoms with Crippen molar-refractivity contribution in [1.82, 2.24) is 20.5 Å². The molecule has 2 N–H and O–H groups in total. The number of aromatic nitrogens is 1. The maximum Gasteiger partial charge on any atom is 0.191 e. The molecule has 29 heavy (non-hydrogen) atoms. The average molecular weight is 528 g/mol. The molecule has 0 radical (unpaired) electrons. The number of thiazole rings is 1. The summed E-state index contributed by atoms with van der Waals surface area (Å²) in [5.74, 6) is 0.878. The van der Waals surface area contributed by atoms with E-state index in [1.807, 2.05) is 6.20 Å². The maximum absolute atomic E-state index is 4.83. The fourth-order valence-corrected chi connectivity index (χ4v) is 4.32. The second-order valence-corrected chi connectivity index (χ2v) is 8.66. The van der Waals surface area contributed by atoms with Crippen molar-refractivity contribution in [2.45, 2.75) is 52.6 Å². The molecule has 0 unspecified atom stereocenters.